The van der Waals surface area contributed by atoms with E-state index < -0.39 is 316 Å². The first-order valence-corrected chi connectivity index (χ1v) is 30.2. The van der Waals surface area contributed by atoms with Crippen molar-refractivity contribution in [3.05, 3.63) is 0 Å². The topological polar surface area (TPSA) is 711 Å². The van der Waals surface area contributed by atoms with Crippen LogP contribution in [0, 0.1) is 0 Å². The van der Waals surface area contributed by atoms with Crippen LogP contribution < -0.4 is 5.32 Å². The van der Waals surface area contributed by atoms with Gasteiger partial charge in [-0.3, -0.25) is 4.79 Å². The first-order chi connectivity index (χ1) is 45.3. The molecule has 0 bridgehead atoms. The molecule has 1 unspecified atom stereocenters. The second-order valence-electron chi connectivity index (χ2n) is 24.1. The first-order valence-electron chi connectivity index (χ1n) is 30.2. The van der Waals surface area contributed by atoms with Crippen LogP contribution in [-0.4, -0.2) is 443 Å². The third-order valence-electron chi connectivity index (χ3n) is 17.6. The smallest absolute Gasteiger partial charge is 0.364 e. The van der Waals surface area contributed by atoms with Gasteiger partial charge in [-0.15, -0.1) is 0 Å². The number of aliphatic carboxylic acids is 1. The highest BCUT2D eigenvalue weighted by Gasteiger charge is 2.61. The van der Waals surface area contributed by atoms with E-state index in [1.54, 1.807) is 0 Å². The van der Waals surface area contributed by atoms with Crippen molar-refractivity contribution in [3.63, 3.8) is 0 Å². The molecular weight excluding hydrogens is 1330 g/mol. The van der Waals surface area contributed by atoms with Crippen LogP contribution in [0.5, 0.6) is 0 Å². The molecule has 558 valence electrons. The largest absolute Gasteiger partial charge is 0.477 e. The fourth-order valence-corrected chi connectivity index (χ4v) is 12.2. The Morgan fingerprint density at radius 2 is 0.760 bits per heavy atom. The number of amides is 1. The molecule has 1 amide bonds. The molecule has 0 aliphatic carbocycles. The lowest BCUT2D eigenvalue weighted by Crippen LogP contribution is -2.70. The lowest BCUT2D eigenvalue weighted by Gasteiger charge is -2.52. The Balaban J connectivity index is 1.22. The summed E-state index contributed by atoms with van der Waals surface area (Å²) in [7, 11) is 0. The van der Waals surface area contributed by atoms with Gasteiger partial charge in [-0.1, -0.05) is 0 Å². The predicted molar refractivity (Wildman–Crippen MR) is 287 cm³/mol. The van der Waals surface area contributed by atoms with Gasteiger partial charge in [0, 0.05) is 13.3 Å². The Hall–Kier alpha value is -2.66. The highest BCUT2D eigenvalue weighted by molar-refractivity contribution is 5.75. The van der Waals surface area contributed by atoms with Crippen molar-refractivity contribution < 1.29 is 213 Å². The molecule has 8 aliphatic rings. The summed E-state index contributed by atoms with van der Waals surface area (Å²) >= 11 is 0. The number of carbonyl (C=O) groups is 2. The van der Waals surface area contributed by atoms with Crippen molar-refractivity contribution in [1.82, 2.24) is 5.32 Å². The van der Waals surface area contributed by atoms with Crippen LogP contribution in [0.4, 0.5) is 0 Å². The second kappa shape index (κ2) is 33.6. The molecule has 0 aromatic rings. The van der Waals surface area contributed by atoms with E-state index in [4.69, 9.17) is 71.1 Å². The Morgan fingerprint density at radius 1 is 0.406 bits per heavy atom. The standard InChI is InChI=1S/C52H87NO43/c1-11(61)53-21-27(69)39(91-45-33(75)28(70)22(64)14(4-55)83-45)19(9-60)88-44(21)94-43-32(74)26(68)18(8-59)87-50(43)92-40-20(10-82-49-42(31(73)25(67)17(7-58)86-49)95-47-35(77)30(72)24(66)16(6-57)85-47)89-48(36(78)41(40)93-46-34(76)29(71)23(65)15(5-56)84-46)90-37-12(62)2-52(81,51(79)80)96-38(37)13(63)3-54/h12-50,54-60,62-78,81H,2-10H2,1H3,(H,53,61)(H,79,80)/t12-,13-,14-,15-,16-,17-,18-,19-,20-,21-,22+,23-,24-,25-,26-,27-,28+,29+,30+,31+,32+,33-,34-,35-,36-,37-,38-,39-,40-,41-,42-,43-,44-,45+,46+,47-,48-,49-,50+,52?/m1/s1. The van der Waals surface area contributed by atoms with E-state index in [-0.39, 0.29) is 0 Å². The Labute approximate surface area is 541 Å². The van der Waals surface area contributed by atoms with Gasteiger partial charge in [0.1, 0.15) is 189 Å². The van der Waals surface area contributed by atoms with Crippen LogP contribution in [0.2, 0.25) is 0 Å². The molecule has 8 aliphatic heterocycles. The van der Waals surface area contributed by atoms with Crippen molar-refractivity contribution in [2.24, 2.45) is 0 Å². The van der Waals surface area contributed by atoms with Gasteiger partial charge in [-0.2, -0.15) is 0 Å². The van der Waals surface area contributed by atoms with Crippen molar-refractivity contribution in [3.8, 4) is 0 Å². The third kappa shape index (κ3) is 16.5. The van der Waals surface area contributed by atoms with Crippen LogP contribution in [-0.2, 0) is 80.6 Å². The average molecular weight is 1410 g/mol. The minimum atomic E-state index is -3.32. The molecule has 8 heterocycles. The van der Waals surface area contributed by atoms with Gasteiger partial charge in [0.05, 0.1) is 59.0 Å². The van der Waals surface area contributed by atoms with Crippen LogP contribution >= 0.6 is 0 Å². The van der Waals surface area contributed by atoms with Crippen LogP contribution in [0.25, 0.3) is 0 Å². The lowest BCUT2D eigenvalue weighted by molar-refractivity contribution is -0.412. The van der Waals surface area contributed by atoms with E-state index in [2.05, 4.69) is 5.32 Å². The molecule has 96 heavy (non-hydrogen) atoms. The van der Waals surface area contributed by atoms with Crippen LogP contribution in [0.15, 0.2) is 0 Å². The molecule has 0 saturated carbocycles. The van der Waals surface area contributed by atoms with Gasteiger partial charge in [0.25, 0.3) is 5.79 Å². The summed E-state index contributed by atoms with van der Waals surface area (Å²) in [6.45, 7) is -8.27. The molecule has 8 fully saturated rings. The number of carboxylic acid groups (broad SMARTS) is 1. The third-order valence-corrected chi connectivity index (χ3v) is 17.6. The quantitative estimate of drug-likeness (QED) is 0.0404. The van der Waals surface area contributed by atoms with Crippen molar-refractivity contribution in [2.45, 2.75) is 258 Å². The van der Waals surface area contributed by atoms with E-state index >= 15 is 0 Å². The molecule has 0 aromatic heterocycles. The lowest BCUT2D eigenvalue weighted by atomic mass is 9.92. The summed E-state index contributed by atoms with van der Waals surface area (Å²) in [5.41, 5.74) is 0. The zero-order valence-corrected chi connectivity index (χ0v) is 50.4. The van der Waals surface area contributed by atoms with E-state index in [1.165, 1.54) is 0 Å². The summed E-state index contributed by atoms with van der Waals surface area (Å²) in [5.74, 6) is -6.42. The number of carboxylic acids is 1. The molecule has 8 rings (SSSR count). The zero-order valence-electron chi connectivity index (χ0n) is 50.4. The van der Waals surface area contributed by atoms with Crippen molar-refractivity contribution in [1.29, 1.82) is 0 Å². The van der Waals surface area contributed by atoms with Gasteiger partial charge in [-0.05, 0) is 0 Å². The Bertz CT molecular complexity index is 2430. The fraction of sp³-hybridized carbons (Fsp3) is 0.962. The molecule has 44 nitrogen and oxygen atoms in total. The molecular formula is C52H87NO43. The average Bonchev–Trinajstić information content (AvgIpc) is 0.776. The van der Waals surface area contributed by atoms with E-state index in [1.807, 2.05) is 0 Å². The fourth-order valence-electron chi connectivity index (χ4n) is 12.2. The van der Waals surface area contributed by atoms with E-state index in [9.17, 15) is 142 Å². The number of nitrogens with one attached hydrogen (secondary N) is 1. The number of aliphatic hydroxyl groups excluding tert-OH is 24. The minimum Gasteiger partial charge on any atom is -0.477 e. The molecule has 0 spiro atoms. The first kappa shape index (κ1) is 79.0. The van der Waals surface area contributed by atoms with Gasteiger partial charge >= 0.3 is 5.97 Å². The Morgan fingerprint density at radius 3 is 1.20 bits per heavy atom. The summed E-state index contributed by atoms with van der Waals surface area (Å²) in [6.07, 6.45) is -84.0. The monoisotopic (exact) mass is 1410 g/mol. The zero-order chi connectivity index (χ0) is 70.8. The van der Waals surface area contributed by atoms with Gasteiger partial charge in [0.15, 0.2) is 44.0 Å². The maximum absolute atomic E-state index is 12.9. The molecule has 8 saturated heterocycles. The van der Waals surface area contributed by atoms with E-state index in [0.29, 0.717) is 0 Å². The highest BCUT2D eigenvalue weighted by atomic mass is 16.8. The SMILES string of the molecule is CC(=O)N[C@H]1[C@@H](O[C@H]2[C@H](O[C@H]3[C@H](O[C@@H]4O[C@H](CO)[C@@H](O)[C@H](O)[C@H]4O)[C@@H](O)[C@@H](O[C@H]4[C@@H]([C@H](O)CO)OC(O)(C(=O)O)C[C@H]4O)O[C@@H]3CO[C@@H]3O[C@H](CO)[C@@H](O)[C@H](O)[C@H]3O[C@H]3O[C@H](CO)[C@@H](O)[C@H](O)[C@H]3O)O[C@H](CO)[C@@H](O)[C@@H]2O)O[C@H](CO)[C@@H](O[C@@H]2O[C@H](CO)[C@H](O)[C@H](O)[C@H]2O)[C@@H]1O. The number of carbonyl (C=O) groups excluding carboxylic acids is 1. The van der Waals surface area contributed by atoms with Gasteiger partial charge in [0.2, 0.25) is 5.91 Å². The minimum absolute atomic E-state index is 0.917. The molecule has 40 atom stereocenters. The van der Waals surface area contributed by atoms with Gasteiger partial charge in [-0.25, -0.2) is 4.79 Å². The number of aliphatic hydroxyl groups is 25. The van der Waals surface area contributed by atoms with Crippen molar-refractivity contribution in [2.75, 3.05) is 52.9 Å². The molecule has 44 heteroatoms. The number of hydrogen-bond donors (Lipinski definition) is 27. The second-order valence-corrected chi connectivity index (χ2v) is 24.1. The van der Waals surface area contributed by atoms with Crippen LogP contribution in [0.3, 0.4) is 0 Å². The van der Waals surface area contributed by atoms with E-state index in [0.717, 1.165) is 6.92 Å². The normalized spacial score (nSPS) is 50.8. The highest BCUT2D eigenvalue weighted by Crippen LogP contribution is 2.41. The molecule has 0 aromatic carbocycles. The summed E-state index contributed by atoms with van der Waals surface area (Å²) < 4.78 is 88.0. The summed E-state index contributed by atoms with van der Waals surface area (Å²) in [5, 5.41) is 285. The number of hydrogen-bond acceptors (Lipinski definition) is 42. The summed E-state index contributed by atoms with van der Waals surface area (Å²) in [6, 6.07) is -1.98. The van der Waals surface area contributed by atoms with Crippen LogP contribution in [0.1, 0.15) is 13.3 Å². The summed E-state index contributed by atoms with van der Waals surface area (Å²) in [4.78, 5) is 25.1. The molecule has 27 N–H and O–H groups in total. The number of ether oxygens (including phenoxy) is 15. The number of rotatable bonds is 25. The Kier molecular flexibility index (Phi) is 27.7. The predicted octanol–water partition coefficient (Wildman–Crippen LogP) is -18.5. The maximum atomic E-state index is 12.9. The van der Waals surface area contributed by atoms with Gasteiger partial charge < -0.3 is 209 Å². The van der Waals surface area contributed by atoms with Crippen molar-refractivity contribution >= 4 is 11.9 Å². The maximum Gasteiger partial charge on any atom is 0.364 e. The molecule has 0 radical (unpaired) electrons.